The fraction of sp³-hybridized carbons (Fsp3) is 0.684. The number of benzene rings is 1. The average molecular weight is 356 g/mol. The van der Waals surface area contributed by atoms with Crippen LogP contribution in [0.25, 0.3) is 0 Å². The molecule has 0 spiro atoms. The number of hydrogen-bond donors (Lipinski definition) is 1. The molecule has 1 aromatic rings. The van der Waals surface area contributed by atoms with Crippen molar-refractivity contribution >= 4 is 8.32 Å². The second kappa shape index (κ2) is 7.22. The van der Waals surface area contributed by atoms with Crippen molar-refractivity contribution in [1.29, 1.82) is 0 Å². The number of rotatable bonds is 5. The van der Waals surface area contributed by atoms with E-state index >= 15 is 0 Å². The van der Waals surface area contributed by atoms with E-state index in [9.17, 15) is 8.78 Å². The summed E-state index contributed by atoms with van der Waals surface area (Å²) in [6.45, 7) is 11.1. The van der Waals surface area contributed by atoms with E-state index in [0.29, 0.717) is 19.4 Å². The Hall–Kier alpha value is -0.783. The Labute approximate surface area is 146 Å². The molecule has 1 saturated carbocycles. The lowest BCUT2D eigenvalue weighted by Gasteiger charge is -2.44. The first-order valence-corrected chi connectivity index (χ1v) is 11.7. The predicted molar refractivity (Wildman–Crippen MR) is 97.9 cm³/mol. The second-order valence-electron chi connectivity index (χ2n) is 8.47. The summed E-state index contributed by atoms with van der Waals surface area (Å²) in [6, 6.07) is 10.2. The molecule has 1 fully saturated rings. The SMILES string of the molecule is CC(C)(C)[Si](C)(C)OC1CC(NCc2ccccc2)CCC1(F)F. The largest absolute Gasteiger partial charge is 0.408 e. The standard InChI is InChI=1S/C19H31F2NOSi/c1-18(2,3)24(4,5)23-17-13-16(11-12-19(17,20)21)22-14-15-9-7-6-8-10-15/h6-10,16-17,22H,11-14H2,1-5H3. The Morgan fingerprint density at radius 1 is 1.21 bits per heavy atom. The number of nitrogens with one attached hydrogen (secondary N) is 1. The van der Waals surface area contributed by atoms with Crippen molar-refractivity contribution < 1.29 is 13.2 Å². The molecule has 0 radical (unpaired) electrons. The molecule has 0 amide bonds. The zero-order valence-electron chi connectivity index (χ0n) is 15.5. The summed E-state index contributed by atoms with van der Waals surface area (Å²) in [5.74, 6) is -2.72. The highest BCUT2D eigenvalue weighted by atomic mass is 28.4. The molecule has 0 aromatic heterocycles. The maximum absolute atomic E-state index is 14.4. The van der Waals surface area contributed by atoms with Gasteiger partial charge in [-0.15, -0.1) is 0 Å². The molecule has 2 rings (SSSR count). The Kier molecular flexibility index (Phi) is 5.88. The lowest BCUT2D eigenvalue weighted by atomic mass is 9.89. The first-order valence-electron chi connectivity index (χ1n) is 8.84. The van der Waals surface area contributed by atoms with Crippen molar-refractivity contribution in [1.82, 2.24) is 5.32 Å². The molecule has 2 unspecified atom stereocenters. The van der Waals surface area contributed by atoms with E-state index in [2.05, 4.69) is 26.1 Å². The lowest BCUT2D eigenvalue weighted by molar-refractivity contribution is -0.130. The predicted octanol–water partition coefficient (Wildman–Crippen LogP) is 5.35. The Balaban J connectivity index is 1.99. The minimum absolute atomic E-state index is 0.0620. The van der Waals surface area contributed by atoms with Gasteiger partial charge >= 0.3 is 0 Å². The van der Waals surface area contributed by atoms with Crippen LogP contribution in [0.4, 0.5) is 8.78 Å². The maximum atomic E-state index is 14.4. The third kappa shape index (κ3) is 4.87. The molecule has 0 aliphatic heterocycles. The molecule has 1 N–H and O–H groups in total. The maximum Gasteiger partial charge on any atom is 0.272 e. The molecule has 2 atom stereocenters. The van der Waals surface area contributed by atoms with Crippen LogP contribution in [-0.2, 0) is 11.0 Å². The molecule has 0 saturated heterocycles. The van der Waals surface area contributed by atoms with Gasteiger partial charge in [-0.1, -0.05) is 51.1 Å². The minimum atomic E-state index is -2.72. The summed E-state index contributed by atoms with van der Waals surface area (Å²) in [5.41, 5.74) is 1.18. The molecule has 2 nitrogen and oxygen atoms in total. The molecular formula is C19H31F2NOSi. The normalized spacial score (nSPS) is 24.8. The Morgan fingerprint density at radius 3 is 2.42 bits per heavy atom. The number of alkyl halides is 2. The third-order valence-corrected chi connectivity index (χ3v) is 9.96. The summed E-state index contributed by atoms with van der Waals surface area (Å²) in [5, 5.41) is 3.37. The van der Waals surface area contributed by atoms with Crippen molar-refractivity contribution in [2.45, 2.75) is 82.8 Å². The van der Waals surface area contributed by atoms with Gasteiger partial charge in [0.1, 0.15) is 6.10 Å². The molecule has 1 aliphatic rings. The lowest BCUT2D eigenvalue weighted by Crippen LogP contribution is -2.54. The molecule has 5 heteroatoms. The topological polar surface area (TPSA) is 21.3 Å². The Bertz CT molecular complexity index is 528. The average Bonchev–Trinajstić information content (AvgIpc) is 2.48. The van der Waals surface area contributed by atoms with Gasteiger partial charge in [0.05, 0.1) is 0 Å². The fourth-order valence-electron chi connectivity index (χ4n) is 2.79. The van der Waals surface area contributed by atoms with Crippen LogP contribution in [-0.4, -0.2) is 26.4 Å². The molecule has 1 aromatic carbocycles. The third-order valence-electron chi connectivity index (χ3n) is 5.48. The van der Waals surface area contributed by atoms with Gasteiger partial charge in [-0.2, -0.15) is 0 Å². The molecule has 1 aliphatic carbocycles. The van der Waals surface area contributed by atoms with E-state index in [1.807, 2.05) is 43.4 Å². The van der Waals surface area contributed by atoms with Crippen molar-refractivity contribution in [3.05, 3.63) is 35.9 Å². The monoisotopic (exact) mass is 355 g/mol. The molecule has 136 valence electrons. The van der Waals surface area contributed by atoms with Crippen molar-refractivity contribution in [2.24, 2.45) is 0 Å². The quantitative estimate of drug-likeness (QED) is 0.719. The summed E-state index contributed by atoms with van der Waals surface area (Å²) in [4.78, 5) is 0. The van der Waals surface area contributed by atoms with Crippen LogP contribution in [0.2, 0.25) is 18.1 Å². The van der Waals surface area contributed by atoms with Crippen LogP contribution < -0.4 is 5.32 Å². The number of hydrogen-bond acceptors (Lipinski definition) is 2. The van der Waals surface area contributed by atoms with Gasteiger partial charge in [0, 0.05) is 19.0 Å². The molecular weight excluding hydrogens is 324 g/mol. The van der Waals surface area contributed by atoms with Gasteiger partial charge in [0.15, 0.2) is 8.32 Å². The zero-order valence-corrected chi connectivity index (χ0v) is 16.5. The van der Waals surface area contributed by atoms with Gasteiger partial charge in [-0.3, -0.25) is 0 Å². The van der Waals surface area contributed by atoms with E-state index in [-0.39, 0.29) is 17.5 Å². The highest BCUT2D eigenvalue weighted by Gasteiger charge is 2.50. The van der Waals surface area contributed by atoms with E-state index in [4.69, 9.17) is 4.43 Å². The van der Waals surface area contributed by atoms with Crippen LogP contribution in [0.1, 0.15) is 45.6 Å². The van der Waals surface area contributed by atoms with Crippen LogP contribution in [0.15, 0.2) is 30.3 Å². The van der Waals surface area contributed by atoms with Gasteiger partial charge in [0.2, 0.25) is 0 Å². The van der Waals surface area contributed by atoms with Gasteiger partial charge in [0.25, 0.3) is 5.92 Å². The summed E-state index contributed by atoms with van der Waals surface area (Å²) >= 11 is 0. The van der Waals surface area contributed by atoms with E-state index in [1.165, 1.54) is 5.56 Å². The Morgan fingerprint density at radius 2 is 1.83 bits per heavy atom. The van der Waals surface area contributed by atoms with Crippen molar-refractivity contribution in [2.75, 3.05) is 0 Å². The first kappa shape index (κ1) is 19.5. The fourth-order valence-corrected chi connectivity index (χ4v) is 4.12. The number of halogens is 2. The van der Waals surface area contributed by atoms with E-state index in [0.717, 1.165) is 0 Å². The van der Waals surface area contributed by atoms with Gasteiger partial charge in [-0.05, 0) is 36.5 Å². The summed E-state index contributed by atoms with van der Waals surface area (Å²) in [6.07, 6.45) is -0.192. The van der Waals surface area contributed by atoms with E-state index < -0.39 is 20.3 Å². The zero-order chi connectivity index (χ0) is 18.0. The second-order valence-corrected chi connectivity index (χ2v) is 13.2. The van der Waals surface area contributed by atoms with Crippen LogP contribution in [0, 0.1) is 0 Å². The first-order chi connectivity index (χ1) is 11.0. The highest BCUT2D eigenvalue weighted by Crippen LogP contribution is 2.43. The highest BCUT2D eigenvalue weighted by molar-refractivity contribution is 6.74. The summed E-state index contributed by atoms with van der Waals surface area (Å²) in [7, 11) is -2.21. The molecule has 24 heavy (non-hydrogen) atoms. The minimum Gasteiger partial charge on any atom is -0.408 e. The smallest absolute Gasteiger partial charge is 0.272 e. The van der Waals surface area contributed by atoms with Gasteiger partial charge in [-0.25, -0.2) is 8.78 Å². The molecule has 0 bridgehead atoms. The molecule has 0 heterocycles. The van der Waals surface area contributed by atoms with Crippen LogP contribution >= 0.6 is 0 Å². The van der Waals surface area contributed by atoms with Gasteiger partial charge < -0.3 is 9.74 Å². The van der Waals surface area contributed by atoms with Crippen LogP contribution in [0.3, 0.4) is 0 Å². The van der Waals surface area contributed by atoms with Crippen molar-refractivity contribution in [3.63, 3.8) is 0 Å². The van der Waals surface area contributed by atoms with E-state index in [1.54, 1.807) is 0 Å². The summed E-state index contributed by atoms with van der Waals surface area (Å²) < 4.78 is 34.9. The van der Waals surface area contributed by atoms with Crippen molar-refractivity contribution in [3.8, 4) is 0 Å². The van der Waals surface area contributed by atoms with Crippen LogP contribution in [0.5, 0.6) is 0 Å².